The molecule has 0 bridgehead atoms. The van der Waals surface area contributed by atoms with E-state index in [0.29, 0.717) is 5.92 Å². The molecule has 1 aliphatic carbocycles. The first kappa shape index (κ1) is 11.7. The van der Waals surface area contributed by atoms with E-state index in [1.54, 1.807) is 0 Å². The van der Waals surface area contributed by atoms with Crippen molar-refractivity contribution in [1.29, 1.82) is 0 Å². The molecule has 0 N–H and O–H groups in total. The maximum absolute atomic E-state index is 4.27. The topological polar surface area (TPSA) is 17.8 Å². The van der Waals surface area contributed by atoms with Crippen LogP contribution >= 0.6 is 0 Å². The van der Waals surface area contributed by atoms with Gasteiger partial charge in [-0.2, -0.15) is 0 Å². The van der Waals surface area contributed by atoms with Gasteiger partial charge in [0.1, 0.15) is 0 Å². The molecule has 2 heterocycles. The van der Waals surface area contributed by atoms with Crippen LogP contribution in [0.1, 0.15) is 18.9 Å². The van der Waals surface area contributed by atoms with E-state index < -0.39 is 0 Å². The van der Waals surface area contributed by atoms with Gasteiger partial charge in [-0.3, -0.25) is 4.98 Å². The Bertz CT molecular complexity index is 961. The molecule has 0 saturated heterocycles. The summed E-state index contributed by atoms with van der Waals surface area (Å²) in [6.07, 6.45) is 9.78. The molecule has 1 unspecified atom stereocenters. The Balaban J connectivity index is 2.33. The van der Waals surface area contributed by atoms with Crippen LogP contribution in [0.15, 0.2) is 24.5 Å². The summed E-state index contributed by atoms with van der Waals surface area (Å²) in [6.45, 7) is 4.51. The molecular formula is C18H18N2. The Labute approximate surface area is 118 Å². The zero-order chi connectivity index (χ0) is 13.9. The Hall–Kier alpha value is -2.09. The van der Waals surface area contributed by atoms with E-state index in [1.807, 2.05) is 12.4 Å². The molecule has 1 aliphatic rings. The molecule has 0 fully saturated rings. The van der Waals surface area contributed by atoms with Crippen molar-refractivity contribution < 1.29 is 0 Å². The Kier molecular flexibility index (Phi) is 2.31. The first-order valence-corrected chi connectivity index (χ1v) is 7.20. The van der Waals surface area contributed by atoms with Crippen LogP contribution in [0.5, 0.6) is 0 Å². The highest BCUT2D eigenvalue weighted by molar-refractivity contribution is 6.01. The number of aromatic nitrogens is 2. The summed E-state index contributed by atoms with van der Waals surface area (Å²) in [5.74, 6) is 0.623. The summed E-state index contributed by atoms with van der Waals surface area (Å²) in [7, 11) is 2.18. The van der Waals surface area contributed by atoms with Gasteiger partial charge in [-0.1, -0.05) is 19.1 Å². The summed E-state index contributed by atoms with van der Waals surface area (Å²) in [6, 6.07) is 4.41. The van der Waals surface area contributed by atoms with Gasteiger partial charge in [0, 0.05) is 40.8 Å². The molecule has 0 radical (unpaired) electrons. The van der Waals surface area contributed by atoms with Crippen molar-refractivity contribution in [2.45, 2.75) is 20.3 Å². The lowest BCUT2D eigenvalue weighted by Gasteiger charge is -2.06. The quantitative estimate of drug-likeness (QED) is 0.609. The smallest absolute Gasteiger partial charge is 0.0524 e. The molecule has 4 rings (SSSR count). The number of rotatable bonds is 0. The van der Waals surface area contributed by atoms with E-state index in [4.69, 9.17) is 0 Å². The van der Waals surface area contributed by atoms with Gasteiger partial charge in [-0.25, -0.2) is 0 Å². The largest absolute Gasteiger partial charge is 0.344 e. The standard InChI is InChI=1S/C18H18N2/c1-11-4-5-17-15(8-11)16-9-13-10-19-7-6-14(13)12(2)18(16)20(17)3/h5-11H,4H2,1-3H3. The molecule has 20 heavy (non-hydrogen) atoms. The lowest BCUT2D eigenvalue weighted by atomic mass is 9.99. The number of aryl methyl sites for hydroxylation is 2. The zero-order valence-electron chi connectivity index (χ0n) is 12.1. The zero-order valence-corrected chi connectivity index (χ0v) is 12.1. The predicted molar refractivity (Wildman–Crippen MR) is 84.9 cm³/mol. The van der Waals surface area contributed by atoms with Crippen LogP contribution in [0.4, 0.5) is 0 Å². The predicted octanol–water partition coefficient (Wildman–Crippen LogP) is 2.64. The first-order valence-electron chi connectivity index (χ1n) is 7.20. The number of hydrogen-bond donors (Lipinski definition) is 0. The molecule has 2 aromatic heterocycles. The minimum atomic E-state index is 0.623. The average molecular weight is 262 g/mol. The maximum atomic E-state index is 4.27. The van der Waals surface area contributed by atoms with Crippen molar-refractivity contribution >= 4 is 33.8 Å². The van der Waals surface area contributed by atoms with Gasteiger partial charge >= 0.3 is 0 Å². The summed E-state index contributed by atoms with van der Waals surface area (Å²) in [4.78, 5) is 4.27. The third-order valence-electron chi connectivity index (χ3n) is 4.56. The van der Waals surface area contributed by atoms with Crippen LogP contribution in [-0.4, -0.2) is 9.55 Å². The monoisotopic (exact) mass is 262 g/mol. The van der Waals surface area contributed by atoms with Crippen LogP contribution in [0, 0.1) is 12.8 Å². The molecule has 0 amide bonds. The Morgan fingerprint density at radius 3 is 3.00 bits per heavy atom. The molecule has 1 atom stereocenters. The van der Waals surface area contributed by atoms with Crippen molar-refractivity contribution in [3.8, 4) is 0 Å². The SMILES string of the molecule is Cc1c2ccncc2cc2c3c(n(C)c12)=CCC(C)C=3. The van der Waals surface area contributed by atoms with Crippen LogP contribution in [0.25, 0.3) is 33.8 Å². The molecule has 2 heteroatoms. The van der Waals surface area contributed by atoms with E-state index in [2.05, 4.69) is 54.7 Å². The van der Waals surface area contributed by atoms with Gasteiger partial charge in [0.25, 0.3) is 0 Å². The number of nitrogens with zero attached hydrogens (tertiary/aromatic N) is 2. The maximum Gasteiger partial charge on any atom is 0.0524 e. The van der Waals surface area contributed by atoms with Crippen LogP contribution in [0.3, 0.4) is 0 Å². The van der Waals surface area contributed by atoms with Crippen molar-refractivity contribution in [3.63, 3.8) is 0 Å². The van der Waals surface area contributed by atoms with Gasteiger partial charge in [-0.05, 0) is 42.3 Å². The van der Waals surface area contributed by atoms with Gasteiger partial charge in [0.2, 0.25) is 0 Å². The van der Waals surface area contributed by atoms with E-state index in [1.165, 1.54) is 37.8 Å². The van der Waals surface area contributed by atoms with Gasteiger partial charge in [0.05, 0.1) is 5.52 Å². The normalized spacial score (nSPS) is 17.9. The van der Waals surface area contributed by atoms with Crippen molar-refractivity contribution in [1.82, 2.24) is 9.55 Å². The lowest BCUT2D eigenvalue weighted by molar-refractivity contribution is 0.787. The molecule has 100 valence electrons. The highest BCUT2D eigenvalue weighted by atomic mass is 14.9. The Morgan fingerprint density at radius 1 is 1.30 bits per heavy atom. The van der Waals surface area contributed by atoms with E-state index in [9.17, 15) is 0 Å². The lowest BCUT2D eigenvalue weighted by Crippen LogP contribution is -2.31. The minimum absolute atomic E-state index is 0.623. The second-order valence-electron chi connectivity index (χ2n) is 5.94. The van der Waals surface area contributed by atoms with Crippen LogP contribution < -0.4 is 10.6 Å². The van der Waals surface area contributed by atoms with Crippen LogP contribution in [0.2, 0.25) is 0 Å². The molecule has 1 aromatic carbocycles. The molecule has 0 spiro atoms. The van der Waals surface area contributed by atoms with Gasteiger partial charge in [-0.15, -0.1) is 0 Å². The summed E-state index contributed by atoms with van der Waals surface area (Å²) in [5.41, 5.74) is 2.71. The third-order valence-corrected chi connectivity index (χ3v) is 4.56. The van der Waals surface area contributed by atoms with E-state index >= 15 is 0 Å². The highest BCUT2D eigenvalue weighted by Gasteiger charge is 2.13. The summed E-state index contributed by atoms with van der Waals surface area (Å²) >= 11 is 0. The fourth-order valence-electron chi connectivity index (χ4n) is 3.57. The minimum Gasteiger partial charge on any atom is -0.344 e. The fraction of sp³-hybridized carbons (Fsp3) is 0.278. The molecule has 0 saturated carbocycles. The summed E-state index contributed by atoms with van der Waals surface area (Å²) in [5, 5.41) is 6.67. The van der Waals surface area contributed by atoms with E-state index in [0.717, 1.165) is 6.42 Å². The molecule has 3 aromatic rings. The van der Waals surface area contributed by atoms with Gasteiger partial charge < -0.3 is 4.57 Å². The first-order chi connectivity index (χ1) is 9.66. The molecule has 2 nitrogen and oxygen atoms in total. The number of fused-ring (bicyclic) bond motifs is 4. The number of pyridine rings is 1. The number of hydrogen-bond acceptors (Lipinski definition) is 1. The van der Waals surface area contributed by atoms with E-state index in [-0.39, 0.29) is 0 Å². The molecular weight excluding hydrogens is 244 g/mol. The second-order valence-corrected chi connectivity index (χ2v) is 5.94. The van der Waals surface area contributed by atoms with Crippen molar-refractivity contribution in [2.75, 3.05) is 0 Å². The second kappa shape index (κ2) is 3.95. The average Bonchev–Trinajstić information content (AvgIpc) is 2.72. The fourth-order valence-corrected chi connectivity index (χ4v) is 3.57. The van der Waals surface area contributed by atoms with Crippen molar-refractivity contribution in [2.24, 2.45) is 13.0 Å². The summed E-state index contributed by atoms with van der Waals surface area (Å²) < 4.78 is 2.35. The number of benzene rings is 1. The third kappa shape index (κ3) is 1.42. The highest BCUT2D eigenvalue weighted by Crippen LogP contribution is 2.25. The van der Waals surface area contributed by atoms with Gasteiger partial charge in [0.15, 0.2) is 0 Å². The van der Waals surface area contributed by atoms with Crippen LogP contribution in [-0.2, 0) is 7.05 Å². The Morgan fingerprint density at radius 2 is 2.15 bits per heavy atom. The molecule has 0 aliphatic heterocycles. The van der Waals surface area contributed by atoms with Crippen molar-refractivity contribution in [3.05, 3.63) is 40.7 Å².